The van der Waals surface area contributed by atoms with E-state index in [-0.39, 0.29) is 5.75 Å². The van der Waals surface area contributed by atoms with Crippen LogP contribution in [0.3, 0.4) is 0 Å². The summed E-state index contributed by atoms with van der Waals surface area (Å²) in [6, 6.07) is 14.9. The molecule has 0 aliphatic rings. The number of halogens is 2. The van der Waals surface area contributed by atoms with Gasteiger partial charge in [-0.2, -0.15) is 0 Å². The second kappa shape index (κ2) is 7.42. The van der Waals surface area contributed by atoms with Gasteiger partial charge in [0.2, 0.25) is 0 Å². The second-order valence-electron chi connectivity index (χ2n) is 4.85. The SMILES string of the molecule is O=C(O)CSc1nc(-c2ccc(Cl)cc2)c(-c2ccc(Br)cc2)o1. The minimum Gasteiger partial charge on any atom is -0.481 e. The number of thioether (sulfide) groups is 1. The molecular weight excluding hydrogens is 414 g/mol. The van der Waals surface area contributed by atoms with Crippen LogP contribution in [0.4, 0.5) is 0 Å². The highest BCUT2D eigenvalue weighted by atomic mass is 79.9. The zero-order chi connectivity index (χ0) is 17.1. The summed E-state index contributed by atoms with van der Waals surface area (Å²) in [5.74, 6) is -0.436. The zero-order valence-electron chi connectivity index (χ0n) is 12.2. The third-order valence-corrected chi connectivity index (χ3v) is 4.74. The van der Waals surface area contributed by atoms with E-state index in [0.717, 1.165) is 27.4 Å². The molecule has 122 valence electrons. The molecule has 0 spiro atoms. The monoisotopic (exact) mass is 423 g/mol. The lowest BCUT2D eigenvalue weighted by molar-refractivity contribution is -0.133. The lowest BCUT2D eigenvalue weighted by atomic mass is 10.1. The molecule has 1 N–H and O–H groups in total. The lowest BCUT2D eigenvalue weighted by Crippen LogP contribution is -1.97. The summed E-state index contributed by atoms with van der Waals surface area (Å²) in [5, 5.41) is 9.79. The van der Waals surface area contributed by atoms with Crippen LogP contribution in [0, 0.1) is 0 Å². The normalized spacial score (nSPS) is 10.8. The van der Waals surface area contributed by atoms with Gasteiger partial charge in [0.25, 0.3) is 5.22 Å². The Morgan fingerprint density at radius 1 is 1.12 bits per heavy atom. The Hall–Kier alpha value is -1.76. The van der Waals surface area contributed by atoms with Gasteiger partial charge >= 0.3 is 5.97 Å². The van der Waals surface area contributed by atoms with Gasteiger partial charge in [0, 0.05) is 20.6 Å². The van der Waals surface area contributed by atoms with Gasteiger partial charge in [-0.1, -0.05) is 63.6 Å². The van der Waals surface area contributed by atoms with Crippen LogP contribution in [0.2, 0.25) is 5.02 Å². The fourth-order valence-corrected chi connectivity index (χ4v) is 3.02. The third-order valence-electron chi connectivity index (χ3n) is 3.15. The Morgan fingerprint density at radius 3 is 2.38 bits per heavy atom. The average molecular weight is 425 g/mol. The van der Waals surface area contributed by atoms with Gasteiger partial charge in [0.05, 0.1) is 0 Å². The van der Waals surface area contributed by atoms with Gasteiger partial charge in [-0.3, -0.25) is 4.79 Å². The summed E-state index contributed by atoms with van der Waals surface area (Å²) < 4.78 is 6.77. The number of nitrogens with zero attached hydrogens (tertiary/aromatic N) is 1. The van der Waals surface area contributed by atoms with E-state index < -0.39 is 5.97 Å². The molecule has 0 amide bonds. The van der Waals surface area contributed by atoms with Gasteiger partial charge in [-0.05, 0) is 24.3 Å². The number of benzene rings is 2. The minimum atomic E-state index is -0.920. The van der Waals surface area contributed by atoms with Gasteiger partial charge in [-0.25, -0.2) is 4.98 Å². The predicted octanol–water partition coefficient (Wildman–Crippen LogP) is 5.60. The summed E-state index contributed by atoms with van der Waals surface area (Å²) in [6.07, 6.45) is 0. The maximum Gasteiger partial charge on any atom is 0.314 e. The number of hydrogen-bond donors (Lipinski definition) is 1. The van der Waals surface area contributed by atoms with Crippen LogP contribution >= 0.6 is 39.3 Å². The summed E-state index contributed by atoms with van der Waals surface area (Å²) in [4.78, 5) is 15.2. The number of aromatic nitrogens is 1. The predicted molar refractivity (Wildman–Crippen MR) is 98.4 cm³/mol. The van der Waals surface area contributed by atoms with Crippen molar-refractivity contribution in [2.24, 2.45) is 0 Å². The van der Waals surface area contributed by atoms with E-state index in [0.29, 0.717) is 21.7 Å². The molecule has 7 heteroatoms. The van der Waals surface area contributed by atoms with Crippen LogP contribution in [0.15, 0.2) is 62.6 Å². The Bertz CT molecular complexity index is 800. The number of carboxylic acids is 1. The molecule has 0 saturated heterocycles. The van der Waals surface area contributed by atoms with Crippen LogP contribution in [0.25, 0.3) is 22.6 Å². The molecule has 4 nitrogen and oxygen atoms in total. The van der Waals surface area contributed by atoms with Gasteiger partial charge in [-0.15, -0.1) is 0 Å². The first-order valence-corrected chi connectivity index (χ1v) is 9.06. The van der Waals surface area contributed by atoms with Gasteiger partial charge < -0.3 is 9.52 Å². The van der Waals surface area contributed by atoms with Crippen molar-refractivity contribution in [1.82, 2.24) is 4.98 Å². The number of hydrogen-bond acceptors (Lipinski definition) is 4. The summed E-state index contributed by atoms with van der Waals surface area (Å²) >= 11 is 10.4. The molecule has 1 heterocycles. The molecule has 0 aliphatic heterocycles. The highest BCUT2D eigenvalue weighted by Crippen LogP contribution is 2.36. The molecule has 0 unspecified atom stereocenters. The van der Waals surface area contributed by atoms with Crippen LogP contribution in [0.5, 0.6) is 0 Å². The highest BCUT2D eigenvalue weighted by Gasteiger charge is 2.18. The molecule has 0 fully saturated rings. The zero-order valence-corrected chi connectivity index (χ0v) is 15.4. The summed E-state index contributed by atoms with van der Waals surface area (Å²) in [6.45, 7) is 0. The van der Waals surface area contributed by atoms with Crippen LogP contribution < -0.4 is 0 Å². The van der Waals surface area contributed by atoms with Gasteiger partial charge in [0.15, 0.2) is 5.76 Å². The summed E-state index contributed by atoms with van der Waals surface area (Å²) in [7, 11) is 0. The van der Waals surface area contributed by atoms with Crippen LogP contribution in [0.1, 0.15) is 0 Å². The number of aliphatic carboxylic acids is 1. The van der Waals surface area contributed by atoms with Crippen molar-refractivity contribution in [2.45, 2.75) is 5.22 Å². The van der Waals surface area contributed by atoms with E-state index in [9.17, 15) is 4.79 Å². The van der Waals surface area contributed by atoms with Crippen molar-refractivity contribution in [1.29, 1.82) is 0 Å². The highest BCUT2D eigenvalue weighted by molar-refractivity contribution is 9.10. The van der Waals surface area contributed by atoms with Crippen molar-refractivity contribution in [3.8, 4) is 22.6 Å². The van der Waals surface area contributed by atoms with E-state index in [4.69, 9.17) is 21.1 Å². The first-order valence-electron chi connectivity index (χ1n) is 6.90. The van der Waals surface area contributed by atoms with Gasteiger partial charge in [0.1, 0.15) is 11.4 Å². The van der Waals surface area contributed by atoms with E-state index in [1.54, 1.807) is 12.1 Å². The molecule has 0 atom stereocenters. The van der Waals surface area contributed by atoms with E-state index in [1.807, 2.05) is 36.4 Å². The number of oxazole rings is 1. The number of carboxylic acid groups (broad SMARTS) is 1. The van der Waals surface area contributed by atoms with E-state index in [1.165, 1.54) is 0 Å². The van der Waals surface area contributed by atoms with E-state index in [2.05, 4.69) is 20.9 Å². The standard InChI is InChI=1S/C17H11BrClNO3S/c18-12-5-1-11(2-6-12)16-15(10-3-7-13(19)8-4-10)20-17(23-16)24-9-14(21)22/h1-8H,9H2,(H,21,22). The van der Waals surface area contributed by atoms with Crippen molar-refractivity contribution in [2.75, 3.05) is 5.75 Å². The maximum absolute atomic E-state index is 10.8. The van der Waals surface area contributed by atoms with Crippen molar-refractivity contribution < 1.29 is 14.3 Å². The molecule has 3 aromatic rings. The van der Waals surface area contributed by atoms with Crippen molar-refractivity contribution in [3.05, 3.63) is 58.0 Å². The van der Waals surface area contributed by atoms with Crippen molar-refractivity contribution >= 4 is 45.3 Å². The molecule has 3 rings (SSSR count). The quantitative estimate of drug-likeness (QED) is 0.540. The Morgan fingerprint density at radius 2 is 1.75 bits per heavy atom. The van der Waals surface area contributed by atoms with Crippen LogP contribution in [-0.4, -0.2) is 21.8 Å². The van der Waals surface area contributed by atoms with Crippen molar-refractivity contribution in [3.63, 3.8) is 0 Å². The molecule has 2 aromatic carbocycles. The second-order valence-corrected chi connectivity index (χ2v) is 7.13. The Balaban J connectivity index is 2.05. The average Bonchev–Trinajstić information content (AvgIpc) is 2.98. The maximum atomic E-state index is 10.8. The molecule has 24 heavy (non-hydrogen) atoms. The molecule has 0 aliphatic carbocycles. The fraction of sp³-hybridized carbons (Fsp3) is 0.0588. The first kappa shape index (κ1) is 17.1. The number of carbonyl (C=O) groups is 1. The molecule has 1 aromatic heterocycles. The molecule has 0 radical (unpaired) electrons. The Kier molecular flexibility index (Phi) is 5.28. The number of rotatable bonds is 5. The largest absolute Gasteiger partial charge is 0.481 e. The van der Waals surface area contributed by atoms with E-state index >= 15 is 0 Å². The minimum absolute atomic E-state index is 0.111. The lowest BCUT2D eigenvalue weighted by Gasteiger charge is -2.02. The van der Waals surface area contributed by atoms with Crippen LogP contribution in [-0.2, 0) is 4.79 Å². The summed E-state index contributed by atoms with van der Waals surface area (Å²) in [5.41, 5.74) is 2.36. The first-order chi connectivity index (χ1) is 11.5. The Labute approximate surface area is 156 Å². The molecule has 0 bridgehead atoms. The molecule has 0 saturated carbocycles. The fourth-order valence-electron chi connectivity index (χ4n) is 2.09. The topological polar surface area (TPSA) is 63.3 Å². The molecular formula is C17H11BrClNO3S. The smallest absolute Gasteiger partial charge is 0.314 e. The third kappa shape index (κ3) is 4.01.